The van der Waals surface area contributed by atoms with Gasteiger partial charge in [-0.3, -0.25) is 4.79 Å². The first kappa shape index (κ1) is 11.4. The van der Waals surface area contributed by atoms with Gasteiger partial charge in [0.2, 0.25) is 5.91 Å². The van der Waals surface area contributed by atoms with Gasteiger partial charge in [-0.15, -0.1) is 11.3 Å². The molecule has 0 unspecified atom stereocenters. The van der Waals surface area contributed by atoms with Crippen LogP contribution in [-0.2, 0) is 11.2 Å². The number of nitrogens with one attached hydrogen (secondary N) is 1. The van der Waals surface area contributed by atoms with Gasteiger partial charge in [-0.1, -0.05) is 0 Å². The first-order chi connectivity index (χ1) is 7.75. The topological polar surface area (TPSA) is 29.1 Å². The van der Waals surface area contributed by atoms with Gasteiger partial charge in [-0.25, -0.2) is 0 Å². The summed E-state index contributed by atoms with van der Waals surface area (Å²) in [4.78, 5) is 13.3. The van der Waals surface area contributed by atoms with Crippen molar-refractivity contribution in [1.29, 1.82) is 0 Å². The van der Waals surface area contributed by atoms with Crippen LogP contribution in [0.4, 0.5) is 0 Å². The molecule has 84 valence electrons. The van der Waals surface area contributed by atoms with E-state index in [4.69, 9.17) is 0 Å². The standard InChI is InChI=1S/C12H13NOS2/c1-9(14)13-6-4-11-2-3-12(16-11)10-5-7-15-8-10/h2-3,5,7-8H,4,6H2,1H3,(H,13,14). The maximum atomic E-state index is 10.7. The lowest BCUT2D eigenvalue weighted by molar-refractivity contribution is -0.118. The Bertz CT molecular complexity index is 459. The number of carbonyl (C=O) groups excluding carboxylic acids is 1. The Balaban J connectivity index is 1.95. The maximum absolute atomic E-state index is 10.7. The second-order valence-corrected chi connectivity index (χ2v) is 5.46. The van der Waals surface area contributed by atoms with Crippen LogP contribution in [0.15, 0.2) is 29.0 Å². The van der Waals surface area contributed by atoms with Crippen LogP contribution in [0.2, 0.25) is 0 Å². The van der Waals surface area contributed by atoms with E-state index in [1.54, 1.807) is 29.6 Å². The highest BCUT2D eigenvalue weighted by atomic mass is 32.1. The number of carbonyl (C=O) groups is 1. The highest BCUT2D eigenvalue weighted by molar-refractivity contribution is 7.16. The van der Waals surface area contributed by atoms with Crippen LogP contribution in [0.5, 0.6) is 0 Å². The van der Waals surface area contributed by atoms with Gasteiger partial charge >= 0.3 is 0 Å². The van der Waals surface area contributed by atoms with E-state index in [1.807, 2.05) is 0 Å². The molecule has 0 aliphatic heterocycles. The lowest BCUT2D eigenvalue weighted by atomic mass is 10.3. The van der Waals surface area contributed by atoms with E-state index in [1.165, 1.54) is 15.3 Å². The molecular formula is C12H13NOS2. The molecule has 0 atom stereocenters. The number of amides is 1. The minimum atomic E-state index is 0.0367. The van der Waals surface area contributed by atoms with Gasteiger partial charge in [0, 0.05) is 28.8 Å². The fourth-order valence-corrected chi connectivity index (χ4v) is 3.17. The largest absolute Gasteiger partial charge is 0.356 e. The minimum Gasteiger partial charge on any atom is -0.356 e. The molecule has 4 heteroatoms. The molecule has 2 rings (SSSR count). The molecule has 0 aliphatic carbocycles. The van der Waals surface area contributed by atoms with Crippen LogP contribution < -0.4 is 5.32 Å². The fraction of sp³-hybridized carbons (Fsp3) is 0.250. The van der Waals surface area contributed by atoms with Crippen LogP contribution in [0.3, 0.4) is 0 Å². The monoisotopic (exact) mass is 251 g/mol. The van der Waals surface area contributed by atoms with E-state index in [2.05, 4.69) is 34.3 Å². The van der Waals surface area contributed by atoms with E-state index in [-0.39, 0.29) is 5.91 Å². The summed E-state index contributed by atoms with van der Waals surface area (Å²) in [6, 6.07) is 6.42. The molecule has 0 saturated carbocycles. The zero-order chi connectivity index (χ0) is 11.4. The van der Waals surface area contributed by atoms with Crippen LogP contribution in [0.1, 0.15) is 11.8 Å². The van der Waals surface area contributed by atoms with Crippen molar-refractivity contribution in [3.63, 3.8) is 0 Å². The molecule has 2 aromatic rings. The van der Waals surface area contributed by atoms with Gasteiger partial charge in [0.1, 0.15) is 0 Å². The summed E-state index contributed by atoms with van der Waals surface area (Å²) in [5.41, 5.74) is 1.29. The molecule has 0 aliphatic rings. The summed E-state index contributed by atoms with van der Waals surface area (Å²) >= 11 is 3.51. The molecular weight excluding hydrogens is 238 g/mol. The molecule has 16 heavy (non-hydrogen) atoms. The smallest absolute Gasteiger partial charge is 0.216 e. The zero-order valence-electron chi connectivity index (χ0n) is 9.03. The summed E-state index contributed by atoms with van der Waals surface area (Å²) in [5, 5.41) is 7.05. The summed E-state index contributed by atoms with van der Waals surface area (Å²) in [5.74, 6) is 0.0367. The third-order valence-electron chi connectivity index (χ3n) is 2.21. The van der Waals surface area contributed by atoms with Crippen molar-refractivity contribution >= 4 is 28.6 Å². The average molecular weight is 251 g/mol. The lowest BCUT2D eigenvalue weighted by Crippen LogP contribution is -2.21. The second-order valence-electron chi connectivity index (χ2n) is 3.51. The molecule has 0 saturated heterocycles. The molecule has 0 aromatic carbocycles. The normalized spacial score (nSPS) is 10.3. The fourth-order valence-electron chi connectivity index (χ4n) is 1.43. The van der Waals surface area contributed by atoms with Gasteiger partial charge in [0.05, 0.1) is 0 Å². The molecule has 0 radical (unpaired) electrons. The quantitative estimate of drug-likeness (QED) is 0.888. The third kappa shape index (κ3) is 2.93. The van der Waals surface area contributed by atoms with E-state index in [0.717, 1.165) is 13.0 Å². The van der Waals surface area contributed by atoms with Gasteiger partial charge in [-0.2, -0.15) is 11.3 Å². The van der Waals surface area contributed by atoms with Crippen LogP contribution in [-0.4, -0.2) is 12.5 Å². The number of hydrogen-bond acceptors (Lipinski definition) is 3. The molecule has 0 fully saturated rings. The minimum absolute atomic E-state index is 0.0367. The van der Waals surface area contributed by atoms with E-state index in [0.29, 0.717) is 0 Å². The zero-order valence-corrected chi connectivity index (χ0v) is 10.7. The molecule has 0 bridgehead atoms. The van der Waals surface area contributed by atoms with Crippen LogP contribution >= 0.6 is 22.7 Å². The third-order valence-corrected chi connectivity index (χ3v) is 4.09. The number of thiophene rings is 2. The predicted molar refractivity (Wildman–Crippen MR) is 70.0 cm³/mol. The van der Waals surface area contributed by atoms with Crippen molar-refractivity contribution in [1.82, 2.24) is 5.32 Å². The Hall–Kier alpha value is -1.13. The lowest BCUT2D eigenvalue weighted by Gasteiger charge is -1.98. The van der Waals surface area contributed by atoms with Crippen molar-refractivity contribution in [2.45, 2.75) is 13.3 Å². The summed E-state index contributed by atoms with van der Waals surface area (Å²) in [6.45, 7) is 2.27. The van der Waals surface area contributed by atoms with Crippen molar-refractivity contribution < 1.29 is 4.79 Å². The molecule has 1 N–H and O–H groups in total. The molecule has 1 amide bonds. The highest BCUT2D eigenvalue weighted by Crippen LogP contribution is 2.29. The average Bonchev–Trinajstić information content (AvgIpc) is 2.85. The van der Waals surface area contributed by atoms with E-state index in [9.17, 15) is 4.79 Å². The molecule has 2 aromatic heterocycles. The molecule has 2 nitrogen and oxygen atoms in total. The summed E-state index contributed by atoms with van der Waals surface area (Å²) in [7, 11) is 0. The maximum Gasteiger partial charge on any atom is 0.216 e. The number of hydrogen-bond donors (Lipinski definition) is 1. The van der Waals surface area contributed by atoms with Crippen LogP contribution in [0.25, 0.3) is 10.4 Å². The first-order valence-corrected chi connectivity index (χ1v) is 6.87. The molecule has 0 spiro atoms. The van der Waals surface area contributed by atoms with Gasteiger partial charge < -0.3 is 5.32 Å². The van der Waals surface area contributed by atoms with Gasteiger partial charge in [0.15, 0.2) is 0 Å². The van der Waals surface area contributed by atoms with E-state index >= 15 is 0 Å². The Labute approximate surface area is 103 Å². The first-order valence-electron chi connectivity index (χ1n) is 5.11. The number of rotatable bonds is 4. The summed E-state index contributed by atoms with van der Waals surface area (Å²) in [6.07, 6.45) is 0.911. The summed E-state index contributed by atoms with van der Waals surface area (Å²) < 4.78 is 0. The van der Waals surface area contributed by atoms with Crippen molar-refractivity contribution in [2.24, 2.45) is 0 Å². The van der Waals surface area contributed by atoms with Crippen molar-refractivity contribution in [3.8, 4) is 10.4 Å². The Morgan fingerprint density at radius 1 is 1.38 bits per heavy atom. The van der Waals surface area contributed by atoms with E-state index < -0.39 is 0 Å². The van der Waals surface area contributed by atoms with Gasteiger partial charge in [0.25, 0.3) is 0 Å². The predicted octanol–water partition coefficient (Wildman–Crippen LogP) is 3.16. The second kappa shape index (κ2) is 5.27. The SMILES string of the molecule is CC(=O)NCCc1ccc(-c2ccsc2)s1. The Morgan fingerprint density at radius 2 is 2.25 bits per heavy atom. The Kier molecular flexibility index (Phi) is 3.74. The van der Waals surface area contributed by atoms with Gasteiger partial charge in [-0.05, 0) is 35.4 Å². The Morgan fingerprint density at radius 3 is 2.94 bits per heavy atom. The van der Waals surface area contributed by atoms with Crippen molar-refractivity contribution in [2.75, 3.05) is 6.54 Å². The van der Waals surface area contributed by atoms with Crippen molar-refractivity contribution in [3.05, 3.63) is 33.8 Å². The van der Waals surface area contributed by atoms with Crippen LogP contribution in [0, 0.1) is 0 Å². The highest BCUT2D eigenvalue weighted by Gasteiger charge is 2.03. The molecule has 2 heterocycles.